The minimum absolute atomic E-state index is 0. The SMILES string of the molecule is CCc1cc(C(=O)c2ccccc2)ccc1C(N)=O.N. The van der Waals surface area contributed by atoms with Gasteiger partial charge in [0.15, 0.2) is 5.78 Å². The van der Waals surface area contributed by atoms with Gasteiger partial charge in [-0.3, -0.25) is 9.59 Å². The highest BCUT2D eigenvalue weighted by Crippen LogP contribution is 2.16. The number of amides is 1. The number of rotatable bonds is 4. The van der Waals surface area contributed by atoms with Gasteiger partial charge in [0, 0.05) is 16.7 Å². The maximum Gasteiger partial charge on any atom is 0.248 e. The normalized spacial score (nSPS) is 9.65. The van der Waals surface area contributed by atoms with Gasteiger partial charge in [0.05, 0.1) is 0 Å². The molecule has 0 bridgehead atoms. The Morgan fingerprint density at radius 1 is 1.00 bits per heavy atom. The lowest BCUT2D eigenvalue weighted by atomic mass is 9.97. The van der Waals surface area contributed by atoms with Crippen molar-refractivity contribution in [1.82, 2.24) is 6.15 Å². The molecule has 0 radical (unpaired) electrons. The summed E-state index contributed by atoms with van der Waals surface area (Å²) in [5.41, 5.74) is 7.80. The fraction of sp³-hybridized carbons (Fsp3) is 0.125. The maximum absolute atomic E-state index is 12.3. The lowest BCUT2D eigenvalue weighted by molar-refractivity contribution is 0.0996. The Bertz CT molecular complexity index is 622. The van der Waals surface area contributed by atoms with Crippen molar-refractivity contribution in [2.75, 3.05) is 0 Å². The first-order valence-corrected chi connectivity index (χ1v) is 6.16. The van der Waals surface area contributed by atoms with Crippen LogP contribution >= 0.6 is 0 Å². The Labute approximate surface area is 118 Å². The van der Waals surface area contributed by atoms with E-state index in [0.717, 1.165) is 5.56 Å². The predicted molar refractivity (Wildman–Crippen MR) is 79.2 cm³/mol. The number of carbonyl (C=O) groups is 2. The summed E-state index contributed by atoms with van der Waals surface area (Å²) < 4.78 is 0. The van der Waals surface area contributed by atoms with E-state index in [4.69, 9.17) is 5.73 Å². The van der Waals surface area contributed by atoms with Gasteiger partial charge in [-0.2, -0.15) is 0 Å². The molecule has 2 aromatic carbocycles. The lowest BCUT2D eigenvalue weighted by Gasteiger charge is -2.07. The van der Waals surface area contributed by atoms with Crippen LogP contribution in [-0.2, 0) is 6.42 Å². The second kappa shape index (κ2) is 6.63. The van der Waals surface area contributed by atoms with Crippen LogP contribution in [0.5, 0.6) is 0 Å². The van der Waals surface area contributed by atoms with Crippen LogP contribution in [0, 0.1) is 0 Å². The van der Waals surface area contributed by atoms with Crippen LogP contribution in [0.3, 0.4) is 0 Å². The van der Waals surface area contributed by atoms with E-state index >= 15 is 0 Å². The highest BCUT2D eigenvalue weighted by Gasteiger charge is 2.12. The molecule has 0 heterocycles. The van der Waals surface area contributed by atoms with Crippen molar-refractivity contribution < 1.29 is 9.59 Å². The summed E-state index contributed by atoms with van der Waals surface area (Å²) in [4.78, 5) is 23.5. The van der Waals surface area contributed by atoms with Crippen LogP contribution < -0.4 is 11.9 Å². The van der Waals surface area contributed by atoms with Gasteiger partial charge < -0.3 is 11.9 Å². The number of ketones is 1. The van der Waals surface area contributed by atoms with Crippen molar-refractivity contribution in [3.8, 4) is 0 Å². The fourth-order valence-electron chi connectivity index (χ4n) is 2.02. The van der Waals surface area contributed by atoms with Gasteiger partial charge in [0.2, 0.25) is 5.91 Å². The summed E-state index contributed by atoms with van der Waals surface area (Å²) in [6, 6.07) is 14.1. The zero-order valence-corrected chi connectivity index (χ0v) is 11.4. The van der Waals surface area contributed by atoms with Crippen molar-refractivity contribution in [2.24, 2.45) is 5.73 Å². The fourth-order valence-corrected chi connectivity index (χ4v) is 2.02. The number of aryl methyl sites for hydroxylation is 1. The van der Waals surface area contributed by atoms with E-state index in [0.29, 0.717) is 23.1 Å². The number of benzene rings is 2. The molecule has 4 nitrogen and oxygen atoms in total. The molecule has 20 heavy (non-hydrogen) atoms. The van der Waals surface area contributed by atoms with E-state index in [1.165, 1.54) is 0 Å². The molecule has 0 saturated carbocycles. The monoisotopic (exact) mass is 270 g/mol. The molecule has 0 spiro atoms. The summed E-state index contributed by atoms with van der Waals surface area (Å²) in [5, 5.41) is 0. The van der Waals surface area contributed by atoms with Gasteiger partial charge in [0.1, 0.15) is 0 Å². The van der Waals surface area contributed by atoms with Crippen LogP contribution in [0.25, 0.3) is 0 Å². The van der Waals surface area contributed by atoms with Crippen LogP contribution in [0.15, 0.2) is 48.5 Å². The topological polar surface area (TPSA) is 95.2 Å². The van der Waals surface area contributed by atoms with Crippen molar-refractivity contribution in [2.45, 2.75) is 13.3 Å². The van der Waals surface area contributed by atoms with Crippen LogP contribution in [0.4, 0.5) is 0 Å². The molecule has 1 amide bonds. The molecule has 0 saturated heterocycles. The molecule has 2 aromatic rings. The molecule has 4 heteroatoms. The minimum Gasteiger partial charge on any atom is -0.366 e. The average Bonchev–Trinajstić information content (AvgIpc) is 2.46. The average molecular weight is 270 g/mol. The van der Waals surface area contributed by atoms with Gasteiger partial charge in [-0.1, -0.05) is 43.3 Å². The Morgan fingerprint density at radius 3 is 2.20 bits per heavy atom. The zero-order chi connectivity index (χ0) is 13.8. The number of nitrogens with two attached hydrogens (primary N) is 1. The van der Waals surface area contributed by atoms with Crippen LogP contribution in [0.1, 0.15) is 38.8 Å². The van der Waals surface area contributed by atoms with Crippen molar-refractivity contribution >= 4 is 11.7 Å². The summed E-state index contributed by atoms with van der Waals surface area (Å²) in [6.45, 7) is 1.93. The molecule has 5 N–H and O–H groups in total. The second-order valence-corrected chi connectivity index (χ2v) is 4.28. The molecule has 0 fully saturated rings. The lowest BCUT2D eigenvalue weighted by Crippen LogP contribution is -2.14. The van der Waals surface area contributed by atoms with E-state index in [1.807, 2.05) is 25.1 Å². The predicted octanol–water partition coefficient (Wildman–Crippen LogP) is 2.74. The second-order valence-electron chi connectivity index (χ2n) is 4.28. The summed E-state index contributed by atoms with van der Waals surface area (Å²) in [6.07, 6.45) is 0.661. The molecule has 0 aliphatic rings. The highest BCUT2D eigenvalue weighted by atomic mass is 16.1. The molecular formula is C16H18N2O2. The molecule has 0 atom stereocenters. The van der Waals surface area contributed by atoms with Crippen molar-refractivity contribution in [3.05, 3.63) is 70.8 Å². The molecule has 0 aromatic heterocycles. The van der Waals surface area contributed by atoms with Gasteiger partial charge in [0.25, 0.3) is 0 Å². The third-order valence-electron chi connectivity index (χ3n) is 3.05. The number of hydrogen-bond acceptors (Lipinski definition) is 3. The van der Waals surface area contributed by atoms with Crippen molar-refractivity contribution in [1.29, 1.82) is 0 Å². The van der Waals surface area contributed by atoms with E-state index in [1.54, 1.807) is 30.3 Å². The van der Waals surface area contributed by atoms with Crippen LogP contribution in [-0.4, -0.2) is 11.7 Å². The van der Waals surface area contributed by atoms with E-state index < -0.39 is 5.91 Å². The summed E-state index contributed by atoms with van der Waals surface area (Å²) in [5.74, 6) is -0.512. The number of hydrogen-bond donors (Lipinski definition) is 2. The van der Waals surface area contributed by atoms with Gasteiger partial charge in [-0.15, -0.1) is 0 Å². The van der Waals surface area contributed by atoms with E-state index in [9.17, 15) is 9.59 Å². The summed E-state index contributed by atoms with van der Waals surface area (Å²) in [7, 11) is 0. The van der Waals surface area contributed by atoms with Crippen molar-refractivity contribution in [3.63, 3.8) is 0 Å². The van der Waals surface area contributed by atoms with E-state index in [-0.39, 0.29) is 11.9 Å². The summed E-state index contributed by atoms with van der Waals surface area (Å²) >= 11 is 0. The Kier molecular flexibility index (Phi) is 5.17. The quantitative estimate of drug-likeness (QED) is 0.836. The van der Waals surface area contributed by atoms with Gasteiger partial charge >= 0.3 is 0 Å². The first-order valence-electron chi connectivity index (χ1n) is 6.16. The molecule has 104 valence electrons. The number of carbonyl (C=O) groups excluding carboxylic acids is 2. The first kappa shape index (κ1) is 15.6. The zero-order valence-electron chi connectivity index (χ0n) is 11.4. The minimum atomic E-state index is -0.462. The van der Waals surface area contributed by atoms with Gasteiger partial charge in [-0.25, -0.2) is 0 Å². The number of primary amides is 1. The van der Waals surface area contributed by atoms with Gasteiger partial charge in [-0.05, 0) is 24.1 Å². The standard InChI is InChI=1S/C16H15NO2.H3N/c1-2-11-10-13(8-9-14(11)16(17)19)15(18)12-6-4-3-5-7-12;/h3-10H,2H2,1H3,(H2,17,19);1H3. The Hall–Kier alpha value is -2.46. The first-order chi connectivity index (χ1) is 9.13. The highest BCUT2D eigenvalue weighted by molar-refractivity contribution is 6.09. The third-order valence-corrected chi connectivity index (χ3v) is 3.05. The molecule has 0 unspecified atom stereocenters. The molecule has 2 rings (SSSR count). The Morgan fingerprint density at radius 2 is 1.65 bits per heavy atom. The molecule has 0 aliphatic heterocycles. The largest absolute Gasteiger partial charge is 0.366 e. The Balaban J connectivity index is 0.00000200. The maximum atomic E-state index is 12.3. The third kappa shape index (κ3) is 3.10. The van der Waals surface area contributed by atoms with Crippen LogP contribution in [0.2, 0.25) is 0 Å². The molecular weight excluding hydrogens is 252 g/mol. The van der Waals surface area contributed by atoms with E-state index in [2.05, 4.69) is 0 Å². The smallest absolute Gasteiger partial charge is 0.248 e. The molecule has 0 aliphatic carbocycles.